The van der Waals surface area contributed by atoms with Crippen molar-refractivity contribution in [1.82, 2.24) is 9.88 Å². The zero-order valence-electron chi connectivity index (χ0n) is 13.0. The van der Waals surface area contributed by atoms with Crippen LogP contribution in [0.4, 0.5) is 5.00 Å². The fraction of sp³-hybridized carbons (Fsp3) is 0.294. The molecule has 0 atom stereocenters. The van der Waals surface area contributed by atoms with Crippen molar-refractivity contribution in [3.05, 3.63) is 34.7 Å². The lowest BCUT2D eigenvalue weighted by Crippen LogP contribution is -2.15. The summed E-state index contributed by atoms with van der Waals surface area (Å²) >= 11 is 3.39. The molecule has 1 aliphatic rings. The van der Waals surface area contributed by atoms with E-state index in [1.807, 2.05) is 18.2 Å². The molecule has 3 heterocycles. The minimum absolute atomic E-state index is 0.0281. The fourth-order valence-corrected chi connectivity index (χ4v) is 5.38. The van der Waals surface area contributed by atoms with E-state index < -0.39 is 0 Å². The van der Waals surface area contributed by atoms with Crippen molar-refractivity contribution >= 4 is 43.8 Å². The number of carbonyl (C=O) groups excluding carboxylic acids is 1. The summed E-state index contributed by atoms with van der Waals surface area (Å²) in [5.74, 6) is -0.0281. The van der Waals surface area contributed by atoms with Gasteiger partial charge in [-0.05, 0) is 24.2 Å². The van der Waals surface area contributed by atoms with E-state index in [0.717, 1.165) is 40.7 Å². The second-order valence-corrected chi connectivity index (χ2v) is 7.81. The third-order valence-corrected chi connectivity index (χ3v) is 6.27. The van der Waals surface area contributed by atoms with Gasteiger partial charge in [0.15, 0.2) is 0 Å². The summed E-state index contributed by atoms with van der Waals surface area (Å²) in [5.41, 5.74) is 3.48. The fourth-order valence-electron chi connectivity index (χ4n) is 2.97. The number of aromatic nitrogens is 1. The molecule has 0 unspecified atom stereocenters. The van der Waals surface area contributed by atoms with Crippen LogP contribution < -0.4 is 5.32 Å². The molecule has 1 aliphatic heterocycles. The van der Waals surface area contributed by atoms with E-state index in [9.17, 15) is 4.79 Å². The first kappa shape index (κ1) is 14.8. The topological polar surface area (TPSA) is 45.2 Å². The lowest BCUT2D eigenvalue weighted by molar-refractivity contribution is -0.114. The molecule has 0 radical (unpaired) electrons. The maximum Gasteiger partial charge on any atom is 0.221 e. The standard InChI is InChI=1S/C17H17N3OS2/c1-3-20-8-11-14(9-20)23-16(18-10(2)21)15(11)17-19-12-6-4-5-7-13(12)22-17/h4-7H,3,8-9H2,1-2H3,(H,18,21). The van der Waals surface area contributed by atoms with Gasteiger partial charge in [0.2, 0.25) is 5.91 Å². The molecule has 0 bridgehead atoms. The Morgan fingerprint density at radius 2 is 2.13 bits per heavy atom. The highest BCUT2D eigenvalue weighted by Gasteiger charge is 2.28. The number of thiophene rings is 1. The third-order valence-electron chi connectivity index (χ3n) is 4.08. The van der Waals surface area contributed by atoms with Gasteiger partial charge in [0.25, 0.3) is 0 Å². The highest BCUT2D eigenvalue weighted by molar-refractivity contribution is 7.22. The normalized spacial score (nSPS) is 14.3. The highest BCUT2D eigenvalue weighted by atomic mass is 32.1. The number of hydrogen-bond acceptors (Lipinski definition) is 5. The van der Waals surface area contributed by atoms with Gasteiger partial charge in [-0.15, -0.1) is 22.7 Å². The molecular weight excluding hydrogens is 326 g/mol. The lowest BCUT2D eigenvalue weighted by atomic mass is 10.1. The second-order valence-electron chi connectivity index (χ2n) is 5.68. The zero-order valence-corrected chi connectivity index (χ0v) is 14.7. The summed E-state index contributed by atoms with van der Waals surface area (Å²) in [6.45, 7) is 6.69. The zero-order chi connectivity index (χ0) is 16.0. The molecule has 4 nitrogen and oxygen atoms in total. The van der Waals surface area contributed by atoms with Crippen LogP contribution in [0.3, 0.4) is 0 Å². The summed E-state index contributed by atoms with van der Waals surface area (Å²) < 4.78 is 1.18. The van der Waals surface area contributed by atoms with Gasteiger partial charge in [-0.25, -0.2) is 4.98 Å². The Balaban J connectivity index is 1.87. The third kappa shape index (κ3) is 2.56. The number of para-hydroxylation sites is 1. The molecule has 1 N–H and O–H groups in total. The smallest absolute Gasteiger partial charge is 0.221 e. The van der Waals surface area contributed by atoms with Gasteiger partial charge in [-0.3, -0.25) is 9.69 Å². The first-order valence-corrected chi connectivity index (χ1v) is 9.29. The molecule has 6 heteroatoms. The Morgan fingerprint density at radius 3 is 2.87 bits per heavy atom. The Bertz CT molecular complexity index is 864. The summed E-state index contributed by atoms with van der Waals surface area (Å²) in [4.78, 5) is 20.2. The predicted molar refractivity (Wildman–Crippen MR) is 97.0 cm³/mol. The summed E-state index contributed by atoms with van der Waals surface area (Å²) in [7, 11) is 0. The van der Waals surface area contributed by atoms with Gasteiger partial charge in [-0.2, -0.15) is 0 Å². The number of nitrogens with one attached hydrogen (secondary N) is 1. The maximum absolute atomic E-state index is 11.6. The van der Waals surface area contributed by atoms with E-state index >= 15 is 0 Å². The molecule has 0 saturated carbocycles. The number of thiazole rings is 1. The highest BCUT2D eigenvalue weighted by Crippen LogP contribution is 2.46. The molecule has 1 aromatic carbocycles. The molecular formula is C17H17N3OS2. The van der Waals surface area contributed by atoms with E-state index in [-0.39, 0.29) is 5.91 Å². The number of nitrogens with zero attached hydrogens (tertiary/aromatic N) is 2. The van der Waals surface area contributed by atoms with Gasteiger partial charge in [0.05, 0.1) is 15.8 Å². The van der Waals surface area contributed by atoms with Crippen molar-refractivity contribution in [1.29, 1.82) is 0 Å². The lowest BCUT2D eigenvalue weighted by Gasteiger charge is -2.12. The SMILES string of the molecule is CCN1Cc2sc(NC(C)=O)c(-c3nc4ccccc4s3)c2C1. The molecule has 0 spiro atoms. The van der Waals surface area contributed by atoms with Crippen LogP contribution in [0.15, 0.2) is 24.3 Å². The first-order chi connectivity index (χ1) is 11.2. The van der Waals surface area contributed by atoms with E-state index in [4.69, 9.17) is 4.98 Å². The van der Waals surface area contributed by atoms with E-state index in [0.29, 0.717) is 0 Å². The molecule has 118 valence electrons. The van der Waals surface area contributed by atoms with Gasteiger partial charge < -0.3 is 5.32 Å². The van der Waals surface area contributed by atoms with Gasteiger partial charge in [0, 0.05) is 24.9 Å². The molecule has 3 aromatic rings. The van der Waals surface area contributed by atoms with Crippen LogP contribution in [-0.4, -0.2) is 22.3 Å². The van der Waals surface area contributed by atoms with E-state index in [1.54, 1.807) is 29.6 Å². The molecule has 4 rings (SSSR count). The van der Waals surface area contributed by atoms with Crippen molar-refractivity contribution in [3.8, 4) is 10.6 Å². The Hall–Kier alpha value is -1.76. The monoisotopic (exact) mass is 343 g/mol. The summed E-state index contributed by atoms with van der Waals surface area (Å²) in [6, 6.07) is 8.19. The van der Waals surface area contributed by atoms with Crippen LogP contribution in [0.1, 0.15) is 24.3 Å². The van der Waals surface area contributed by atoms with Crippen LogP contribution in [0.2, 0.25) is 0 Å². The number of fused-ring (bicyclic) bond motifs is 2. The molecule has 0 saturated heterocycles. The van der Waals surface area contributed by atoms with E-state index in [2.05, 4.69) is 23.2 Å². The Morgan fingerprint density at radius 1 is 1.30 bits per heavy atom. The van der Waals surface area contributed by atoms with Gasteiger partial charge in [-0.1, -0.05) is 19.1 Å². The summed E-state index contributed by atoms with van der Waals surface area (Å²) in [6.07, 6.45) is 0. The minimum atomic E-state index is -0.0281. The van der Waals surface area contributed by atoms with Crippen LogP contribution in [0.5, 0.6) is 0 Å². The molecule has 1 amide bonds. The summed E-state index contributed by atoms with van der Waals surface area (Å²) in [5, 5.41) is 4.95. The van der Waals surface area contributed by atoms with Crippen molar-refractivity contribution < 1.29 is 4.79 Å². The van der Waals surface area contributed by atoms with Crippen molar-refractivity contribution in [2.45, 2.75) is 26.9 Å². The van der Waals surface area contributed by atoms with Crippen LogP contribution in [0.25, 0.3) is 20.8 Å². The Kier molecular flexibility index (Phi) is 3.67. The van der Waals surface area contributed by atoms with Gasteiger partial charge in [0.1, 0.15) is 10.0 Å². The van der Waals surface area contributed by atoms with Crippen molar-refractivity contribution in [3.63, 3.8) is 0 Å². The molecule has 23 heavy (non-hydrogen) atoms. The largest absolute Gasteiger partial charge is 0.317 e. The minimum Gasteiger partial charge on any atom is -0.317 e. The average molecular weight is 343 g/mol. The van der Waals surface area contributed by atoms with Crippen molar-refractivity contribution in [2.24, 2.45) is 0 Å². The second kappa shape index (κ2) is 5.70. The van der Waals surface area contributed by atoms with Crippen LogP contribution >= 0.6 is 22.7 Å². The number of rotatable bonds is 3. The van der Waals surface area contributed by atoms with E-state index in [1.165, 1.54) is 15.1 Å². The number of benzene rings is 1. The number of amides is 1. The van der Waals surface area contributed by atoms with Crippen LogP contribution in [0, 0.1) is 0 Å². The van der Waals surface area contributed by atoms with Crippen LogP contribution in [-0.2, 0) is 17.9 Å². The quantitative estimate of drug-likeness (QED) is 0.770. The number of anilines is 1. The Labute approximate surface area is 142 Å². The van der Waals surface area contributed by atoms with Gasteiger partial charge >= 0.3 is 0 Å². The van der Waals surface area contributed by atoms with Crippen molar-refractivity contribution in [2.75, 3.05) is 11.9 Å². The first-order valence-electron chi connectivity index (χ1n) is 7.66. The molecule has 2 aromatic heterocycles. The molecule has 0 aliphatic carbocycles. The average Bonchev–Trinajstić information content (AvgIpc) is 3.17. The number of hydrogen-bond donors (Lipinski definition) is 1. The maximum atomic E-state index is 11.6. The number of carbonyl (C=O) groups is 1. The predicted octanol–water partition coefficient (Wildman–Crippen LogP) is 4.32. The molecule has 0 fully saturated rings.